The summed E-state index contributed by atoms with van der Waals surface area (Å²) >= 11 is 11.1. The quantitative estimate of drug-likeness (QED) is 0.736. The summed E-state index contributed by atoms with van der Waals surface area (Å²) in [7, 11) is 0. The average Bonchev–Trinajstić information content (AvgIpc) is 2.40. The minimum atomic E-state index is -0.489. The van der Waals surface area contributed by atoms with Crippen LogP contribution in [0, 0.1) is 0 Å². The van der Waals surface area contributed by atoms with E-state index < -0.39 is 5.24 Å². The van der Waals surface area contributed by atoms with Crippen LogP contribution in [0.15, 0.2) is 55.1 Å². The Morgan fingerprint density at radius 3 is 1.63 bits per heavy atom. The molecule has 2 aromatic carbocycles. The van der Waals surface area contributed by atoms with Crippen LogP contribution in [0.25, 0.3) is 5.03 Å². The van der Waals surface area contributed by atoms with Crippen LogP contribution in [-0.4, -0.2) is 5.24 Å². The fourth-order valence-corrected chi connectivity index (χ4v) is 1.75. The normalized spacial score (nSPS) is 10.0. The maximum atomic E-state index is 10.9. The Morgan fingerprint density at radius 2 is 1.26 bits per heavy atom. The van der Waals surface area contributed by atoms with Gasteiger partial charge in [-0.2, -0.15) is 0 Å². The molecule has 2 rings (SSSR count). The van der Waals surface area contributed by atoms with Crippen molar-refractivity contribution in [2.75, 3.05) is 0 Å². The van der Waals surface area contributed by atoms with E-state index in [4.69, 9.17) is 27.9 Å². The molecule has 0 N–H and O–H groups in total. The van der Waals surface area contributed by atoms with Gasteiger partial charge in [0.2, 0.25) is 0 Å². The zero-order chi connectivity index (χ0) is 13.8. The molecule has 2 aromatic rings. The molecule has 0 heterocycles. The zero-order valence-corrected chi connectivity index (χ0v) is 11.4. The number of carbonyl (C=O) groups excluding carboxylic acids is 1. The van der Waals surface area contributed by atoms with E-state index in [1.54, 1.807) is 36.4 Å². The molecule has 0 aliphatic heterocycles. The Hall–Kier alpha value is -1.77. The van der Waals surface area contributed by atoms with Crippen LogP contribution >= 0.6 is 23.2 Å². The second-order valence-electron chi connectivity index (χ2n) is 3.83. The number of halogens is 2. The zero-order valence-electron chi connectivity index (χ0n) is 9.90. The number of ether oxygens (including phenoxy) is 1. The Labute approximate surface area is 121 Å². The smallest absolute Gasteiger partial charge is 0.252 e. The minimum Gasteiger partial charge on any atom is -0.457 e. The van der Waals surface area contributed by atoms with Crippen LogP contribution < -0.4 is 4.74 Å². The Bertz CT molecular complexity index is 546. The second kappa shape index (κ2) is 5.91. The van der Waals surface area contributed by atoms with Gasteiger partial charge in [0, 0.05) is 10.6 Å². The highest BCUT2D eigenvalue weighted by molar-refractivity contribution is 6.67. The lowest BCUT2D eigenvalue weighted by atomic mass is 10.2. The third kappa shape index (κ3) is 3.60. The maximum absolute atomic E-state index is 10.9. The van der Waals surface area contributed by atoms with Crippen molar-refractivity contribution in [3.63, 3.8) is 0 Å². The molecule has 0 amide bonds. The first-order chi connectivity index (χ1) is 9.06. The van der Waals surface area contributed by atoms with Crippen molar-refractivity contribution in [3.05, 3.63) is 66.2 Å². The maximum Gasteiger partial charge on any atom is 0.252 e. The topological polar surface area (TPSA) is 26.3 Å². The molecular weight excluding hydrogens is 283 g/mol. The van der Waals surface area contributed by atoms with Gasteiger partial charge in [-0.1, -0.05) is 18.2 Å². The molecule has 0 fully saturated rings. The molecule has 0 aliphatic rings. The lowest BCUT2D eigenvalue weighted by Crippen LogP contribution is -1.89. The van der Waals surface area contributed by atoms with Crippen molar-refractivity contribution in [3.8, 4) is 11.5 Å². The number of hydrogen-bond donors (Lipinski definition) is 0. The van der Waals surface area contributed by atoms with Crippen molar-refractivity contribution in [1.82, 2.24) is 0 Å². The van der Waals surface area contributed by atoms with Gasteiger partial charge in [-0.15, -0.1) is 0 Å². The molecule has 0 radical (unpaired) electrons. The van der Waals surface area contributed by atoms with Crippen molar-refractivity contribution >= 4 is 33.5 Å². The summed E-state index contributed by atoms with van der Waals surface area (Å²) in [6.45, 7) is 3.65. The van der Waals surface area contributed by atoms with E-state index in [0.29, 0.717) is 22.1 Å². The summed E-state index contributed by atoms with van der Waals surface area (Å²) < 4.78 is 5.62. The van der Waals surface area contributed by atoms with E-state index in [-0.39, 0.29) is 0 Å². The van der Waals surface area contributed by atoms with Crippen molar-refractivity contribution in [2.45, 2.75) is 0 Å². The molecule has 0 saturated carbocycles. The highest BCUT2D eigenvalue weighted by Crippen LogP contribution is 2.24. The van der Waals surface area contributed by atoms with Crippen LogP contribution in [0.2, 0.25) is 0 Å². The Balaban J connectivity index is 2.12. The van der Waals surface area contributed by atoms with Gasteiger partial charge in [-0.05, 0) is 65.7 Å². The minimum absolute atomic E-state index is 0.433. The summed E-state index contributed by atoms with van der Waals surface area (Å²) in [5.74, 6) is 1.30. The van der Waals surface area contributed by atoms with E-state index in [1.807, 2.05) is 12.1 Å². The highest BCUT2D eigenvalue weighted by atomic mass is 35.5. The number of benzene rings is 2. The van der Waals surface area contributed by atoms with Gasteiger partial charge in [0.1, 0.15) is 11.5 Å². The SMILES string of the molecule is C=C(Cl)c1ccc(Oc2ccc(C(=O)Cl)cc2)cc1. The lowest BCUT2D eigenvalue weighted by molar-refractivity contribution is 0.108. The molecule has 0 bridgehead atoms. The highest BCUT2D eigenvalue weighted by Gasteiger charge is 2.03. The van der Waals surface area contributed by atoms with Crippen molar-refractivity contribution in [2.24, 2.45) is 0 Å². The van der Waals surface area contributed by atoms with Gasteiger partial charge in [0.15, 0.2) is 0 Å². The second-order valence-corrected chi connectivity index (χ2v) is 4.63. The molecule has 0 atom stereocenters. The summed E-state index contributed by atoms with van der Waals surface area (Å²) in [4.78, 5) is 10.9. The monoisotopic (exact) mass is 292 g/mol. The molecule has 19 heavy (non-hydrogen) atoms. The van der Waals surface area contributed by atoms with Crippen LogP contribution in [0.4, 0.5) is 0 Å². The van der Waals surface area contributed by atoms with E-state index in [0.717, 1.165) is 5.56 Å². The van der Waals surface area contributed by atoms with Crippen molar-refractivity contribution in [1.29, 1.82) is 0 Å². The first kappa shape index (κ1) is 13.7. The molecule has 0 unspecified atom stereocenters. The van der Waals surface area contributed by atoms with Crippen LogP contribution in [-0.2, 0) is 0 Å². The third-order valence-corrected chi connectivity index (χ3v) is 2.92. The van der Waals surface area contributed by atoms with E-state index in [1.165, 1.54) is 0 Å². The van der Waals surface area contributed by atoms with Crippen LogP contribution in [0.5, 0.6) is 11.5 Å². The Morgan fingerprint density at radius 1 is 0.842 bits per heavy atom. The Kier molecular flexibility index (Phi) is 4.25. The predicted octanol–water partition coefficient (Wildman–Crippen LogP) is 5.07. The van der Waals surface area contributed by atoms with Gasteiger partial charge in [0.05, 0.1) is 0 Å². The third-order valence-electron chi connectivity index (χ3n) is 2.48. The largest absolute Gasteiger partial charge is 0.457 e. The average molecular weight is 293 g/mol. The van der Waals surface area contributed by atoms with Gasteiger partial charge in [0.25, 0.3) is 5.24 Å². The van der Waals surface area contributed by atoms with Crippen molar-refractivity contribution < 1.29 is 9.53 Å². The molecule has 96 valence electrons. The van der Waals surface area contributed by atoms with Gasteiger partial charge < -0.3 is 4.74 Å². The standard InChI is InChI=1S/C15H10Cl2O2/c1-10(16)11-2-6-13(7-3-11)19-14-8-4-12(5-9-14)15(17)18/h2-9H,1H2. The van der Waals surface area contributed by atoms with E-state index >= 15 is 0 Å². The predicted molar refractivity (Wildman–Crippen MR) is 78.0 cm³/mol. The molecule has 0 spiro atoms. The molecule has 0 aliphatic carbocycles. The van der Waals surface area contributed by atoms with Crippen LogP contribution in [0.3, 0.4) is 0 Å². The molecule has 0 saturated heterocycles. The first-order valence-corrected chi connectivity index (χ1v) is 6.24. The number of carbonyl (C=O) groups is 1. The summed E-state index contributed by atoms with van der Waals surface area (Å²) in [6, 6.07) is 13.8. The molecule has 4 heteroatoms. The van der Waals surface area contributed by atoms with E-state index in [9.17, 15) is 4.79 Å². The molecule has 0 aromatic heterocycles. The van der Waals surface area contributed by atoms with Gasteiger partial charge >= 0.3 is 0 Å². The summed E-state index contributed by atoms with van der Waals surface area (Å²) in [5.41, 5.74) is 1.28. The lowest BCUT2D eigenvalue weighted by Gasteiger charge is -2.06. The summed E-state index contributed by atoms with van der Waals surface area (Å²) in [6.07, 6.45) is 0. The van der Waals surface area contributed by atoms with E-state index in [2.05, 4.69) is 6.58 Å². The number of hydrogen-bond acceptors (Lipinski definition) is 2. The number of rotatable bonds is 4. The van der Waals surface area contributed by atoms with Crippen LogP contribution in [0.1, 0.15) is 15.9 Å². The fourth-order valence-electron chi connectivity index (χ4n) is 1.49. The fraction of sp³-hybridized carbons (Fsp3) is 0. The van der Waals surface area contributed by atoms with Gasteiger partial charge in [-0.25, -0.2) is 0 Å². The first-order valence-electron chi connectivity index (χ1n) is 5.49. The van der Waals surface area contributed by atoms with Gasteiger partial charge in [-0.3, -0.25) is 4.79 Å². The molecule has 2 nitrogen and oxygen atoms in total. The molecular formula is C15H10Cl2O2. The summed E-state index contributed by atoms with van der Waals surface area (Å²) in [5, 5.41) is -0.00643.